The Morgan fingerprint density at radius 1 is 1.56 bits per heavy atom. The number of rotatable bonds is 2. The molecule has 1 rings (SSSR count). The molecule has 9 heavy (non-hydrogen) atoms. The molecule has 0 aliphatic heterocycles. The van der Waals surface area contributed by atoms with Crippen molar-refractivity contribution in [3.8, 4) is 0 Å². The van der Waals surface area contributed by atoms with Crippen LogP contribution in [0.1, 0.15) is 26.7 Å². The second kappa shape index (κ2) is 1.93. The minimum absolute atomic E-state index is 0.130. The summed E-state index contributed by atoms with van der Waals surface area (Å²) >= 11 is 0. The van der Waals surface area contributed by atoms with E-state index in [0.717, 1.165) is 0 Å². The van der Waals surface area contributed by atoms with Crippen LogP contribution in [0.2, 0.25) is 0 Å². The van der Waals surface area contributed by atoms with Gasteiger partial charge in [0.2, 0.25) is 0 Å². The lowest BCUT2D eigenvalue weighted by Crippen LogP contribution is -1.97. The van der Waals surface area contributed by atoms with Crippen LogP contribution in [0.5, 0.6) is 0 Å². The fraction of sp³-hybridized carbons (Fsp3) is 1.00. The van der Waals surface area contributed by atoms with E-state index in [4.69, 9.17) is 0 Å². The molecule has 0 aromatic rings. The highest BCUT2D eigenvalue weighted by atomic mass is 19.3. The summed E-state index contributed by atoms with van der Waals surface area (Å²) in [6.45, 7) is 3.96. The lowest BCUT2D eigenvalue weighted by atomic mass is 10.1. The summed E-state index contributed by atoms with van der Waals surface area (Å²) in [5.41, 5.74) is 0. The van der Waals surface area contributed by atoms with Gasteiger partial charge in [0.1, 0.15) is 0 Å². The van der Waals surface area contributed by atoms with Crippen molar-refractivity contribution in [2.75, 3.05) is 0 Å². The van der Waals surface area contributed by atoms with Gasteiger partial charge in [0.15, 0.2) is 0 Å². The molecule has 0 amide bonds. The molecule has 1 aliphatic carbocycles. The van der Waals surface area contributed by atoms with Gasteiger partial charge in [0.25, 0.3) is 5.92 Å². The van der Waals surface area contributed by atoms with Crippen molar-refractivity contribution < 1.29 is 8.78 Å². The predicted octanol–water partition coefficient (Wildman–Crippen LogP) is 2.69. The lowest BCUT2D eigenvalue weighted by Gasteiger charge is -2.00. The average Bonchev–Trinajstić information content (AvgIpc) is 2.10. The molecule has 0 radical (unpaired) electrons. The van der Waals surface area contributed by atoms with Crippen LogP contribution < -0.4 is 0 Å². The highest BCUT2D eigenvalue weighted by molar-refractivity contribution is 4.94. The number of alkyl halides is 2. The van der Waals surface area contributed by atoms with Crippen LogP contribution in [-0.4, -0.2) is 5.92 Å². The number of hydrogen-bond acceptors (Lipinski definition) is 0. The Hall–Kier alpha value is -0.140. The molecule has 2 heteroatoms. The summed E-state index contributed by atoms with van der Waals surface area (Å²) in [6.07, 6.45) is 0.818. The van der Waals surface area contributed by atoms with Gasteiger partial charge in [-0.25, -0.2) is 8.78 Å². The van der Waals surface area contributed by atoms with Crippen molar-refractivity contribution in [2.45, 2.75) is 32.6 Å². The van der Waals surface area contributed by atoms with E-state index >= 15 is 0 Å². The monoisotopic (exact) mass is 134 g/mol. The lowest BCUT2D eigenvalue weighted by molar-refractivity contribution is 0.0941. The van der Waals surface area contributed by atoms with Crippen molar-refractivity contribution >= 4 is 0 Å². The van der Waals surface area contributed by atoms with Gasteiger partial charge >= 0.3 is 0 Å². The first kappa shape index (κ1) is 6.97. The van der Waals surface area contributed by atoms with Crippen LogP contribution in [0.15, 0.2) is 0 Å². The van der Waals surface area contributed by atoms with Crippen molar-refractivity contribution in [1.29, 1.82) is 0 Å². The molecule has 0 aromatic heterocycles. The van der Waals surface area contributed by atoms with E-state index in [9.17, 15) is 8.78 Å². The third-order valence-corrected chi connectivity index (χ3v) is 1.71. The Bertz CT molecular complexity index is 107. The molecular formula is C7H12F2. The Morgan fingerprint density at radius 3 is 2.11 bits per heavy atom. The van der Waals surface area contributed by atoms with E-state index in [1.807, 2.05) is 13.8 Å². The zero-order chi connectivity index (χ0) is 7.07. The van der Waals surface area contributed by atoms with Crippen LogP contribution in [0, 0.1) is 11.8 Å². The maximum atomic E-state index is 12.2. The summed E-state index contributed by atoms with van der Waals surface area (Å²) in [6, 6.07) is 0. The fourth-order valence-electron chi connectivity index (χ4n) is 1.09. The first-order valence-electron chi connectivity index (χ1n) is 3.40. The van der Waals surface area contributed by atoms with E-state index in [-0.39, 0.29) is 12.3 Å². The quantitative estimate of drug-likeness (QED) is 0.544. The second-order valence-corrected chi connectivity index (χ2v) is 3.29. The topological polar surface area (TPSA) is 0 Å². The van der Waals surface area contributed by atoms with E-state index in [0.29, 0.717) is 12.3 Å². The molecule has 1 fully saturated rings. The summed E-state index contributed by atoms with van der Waals surface area (Å²) in [4.78, 5) is 0. The minimum atomic E-state index is -2.30. The minimum Gasteiger partial charge on any atom is -0.207 e. The predicted molar refractivity (Wildman–Crippen MR) is 32.5 cm³/mol. The van der Waals surface area contributed by atoms with Crippen LogP contribution in [-0.2, 0) is 0 Å². The van der Waals surface area contributed by atoms with Crippen molar-refractivity contribution in [3.05, 3.63) is 0 Å². The molecule has 1 aliphatic rings. The zero-order valence-electron chi connectivity index (χ0n) is 5.82. The van der Waals surface area contributed by atoms with E-state index in [1.165, 1.54) is 0 Å². The molecule has 0 spiro atoms. The van der Waals surface area contributed by atoms with E-state index < -0.39 is 5.92 Å². The molecule has 1 saturated carbocycles. The standard InChI is InChI=1S/C7H12F2/c1-5(2)3-6-4-7(6,8)9/h5-6H,3-4H2,1-2H3. The molecule has 0 heterocycles. The van der Waals surface area contributed by atoms with Crippen LogP contribution in [0.4, 0.5) is 8.78 Å². The zero-order valence-corrected chi connectivity index (χ0v) is 5.82. The Labute approximate surface area is 54.3 Å². The molecule has 0 nitrogen and oxygen atoms in total. The van der Waals surface area contributed by atoms with Crippen LogP contribution in [0.3, 0.4) is 0 Å². The van der Waals surface area contributed by atoms with E-state index in [2.05, 4.69) is 0 Å². The third kappa shape index (κ3) is 1.63. The highest BCUT2D eigenvalue weighted by Crippen LogP contribution is 2.51. The molecule has 1 atom stereocenters. The molecule has 54 valence electrons. The van der Waals surface area contributed by atoms with Gasteiger partial charge < -0.3 is 0 Å². The SMILES string of the molecule is CC(C)CC1CC1(F)F. The number of hydrogen-bond donors (Lipinski definition) is 0. The largest absolute Gasteiger partial charge is 0.251 e. The van der Waals surface area contributed by atoms with Gasteiger partial charge in [0, 0.05) is 12.3 Å². The van der Waals surface area contributed by atoms with Crippen LogP contribution in [0.25, 0.3) is 0 Å². The maximum Gasteiger partial charge on any atom is 0.251 e. The summed E-state index contributed by atoms with van der Waals surface area (Å²) in [7, 11) is 0. The van der Waals surface area contributed by atoms with Gasteiger partial charge in [0.05, 0.1) is 0 Å². The van der Waals surface area contributed by atoms with Gasteiger partial charge in [-0.2, -0.15) is 0 Å². The molecule has 0 bridgehead atoms. The molecule has 1 unspecified atom stereocenters. The van der Waals surface area contributed by atoms with Gasteiger partial charge in [-0.15, -0.1) is 0 Å². The van der Waals surface area contributed by atoms with Gasteiger partial charge in [-0.3, -0.25) is 0 Å². The first-order chi connectivity index (χ1) is 4.02. The first-order valence-corrected chi connectivity index (χ1v) is 3.40. The number of halogens is 2. The Morgan fingerprint density at radius 2 is 2.00 bits per heavy atom. The van der Waals surface area contributed by atoms with Crippen LogP contribution >= 0.6 is 0 Å². The molecule has 0 aromatic carbocycles. The third-order valence-electron chi connectivity index (χ3n) is 1.71. The summed E-state index contributed by atoms with van der Waals surface area (Å²) in [5.74, 6) is -2.18. The molecule has 0 saturated heterocycles. The fourth-order valence-corrected chi connectivity index (χ4v) is 1.09. The average molecular weight is 134 g/mol. The Balaban J connectivity index is 2.20. The second-order valence-electron chi connectivity index (χ2n) is 3.29. The summed E-state index contributed by atoms with van der Waals surface area (Å²) in [5, 5.41) is 0. The Kier molecular flexibility index (Phi) is 1.49. The van der Waals surface area contributed by atoms with Crippen molar-refractivity contribution in [1.82, 2.24) is 0 Å². The van der Waals surface area contributed by atoms with Gasteiger partial charge in [-0.05, 0) is 12.3 Å². The van der Waals surface area contributed by atoms with E-state index in [1.54, 1.807) is 0 Å². The molecular weight excluding hydrogens is 122 g/mol. The maximum absolute atomic E-state index is 12.2. The smallest absolute Gasteiger partial charge is 0.207 e. The normalized spacial score (nSPS) is 31.0. The van der Waals surface area contributed by atoms with Crippen molar-refractivity contribution in [2.24, 2.45) is 11.8 Å². The van der Waals surface area contributed by atoms with Gasteiger partial charge in [-0.1, -0.05) is 13.8 Å². The molecule has 0 N–H and O–H groups in total. The highest BCUT2D eigenvalue weighted by Gasteiger charge is 2.56. The summed E-state index contributed by atoms with van der Waals surface area (Å²) < 4.78 is 24.3. The van der Waals surface area contributed by atoms with Crippen molar-refractivity contribution in [3.63, 3.8) is 0 Å².